The number of amides is 1. The largest absolute Gasteiger partial charge is 0.340 e. The van der Waals surface area contributed by atoms with Crippen LogP contribution >= 0.6 is 0 Å². The van der Waals surface area contributed by atoms with Crippen molar-refractivity contribution >= 4 is 16.8 Å². The van der Waals surface area contributed by atoms with Gasteiger partial charge in [-0.2, -0.15) is 0 Å². The lowest BCUT2D eigenvalue weighted by Gasteiger charge is -2.34. The van der Waals surface area contributed by atoms with E-state index >= 15 is 0 Å². The van der Waals surface area contributed by atoms with Gasteiger partial charge in [-0.1, -0.05) is 60.7 Å². The molecule has 0 radical (unpaired) electrons. The number of aryl methyl sites for hydroxylation is 1. The Morgan fingerprint density at radius 2 is 1.36 bits per heavy atom. The van der Waals surface area contributed by atoms with Crippen LogP contribution in [0.25, 0.3) is 10.9 Å². The molecular formula is C29H31N3O. The summed E-state index contributed by atoms with van der Waals surface area (Å²) in [6.45, 7) is 9.49. The Kier molecular flexibility index (Phi) is 6.01. The average molecular weight is 438 g/mol. The Morgan fingerprint density at radius 1 is 0.758 bits per heavy atom. The molecular weight excluding hydrogens is 406 g/mol. The first kappa shape index (κ1) is 21.5. The lowest BCUT2D eigenvalue weighted by molar-refractivity contribution is 0.0628. The molecule has 0 aliphatic carbocycles. The second-order valence-electron chi connectivity index (χ2n) is 9.07. The van der Waals surface area contributed by atoms with Crippen LogP contribution in [0.1, 0.15) is 32.7 Å². The smallest absolute Gasteiger partial charge is 0.253 e. The second-order valence-corrected chi connectivity index (χ2v) is 9.07. The molecule has 0 saturated carbocycles. The molecule has 168 valence electrons. The predicted octanol–water partition coefficient (Wildman–Crippen LogP) is 5.26. The minimum atomic E-state index is 0.143. The van der Waals surface area contributed by atoms with Gasteiger partial charge in [-0.15, -0.1) is 0 Å². The molecule has 3 aromatic carbocycles. The number of hydrogen-bond acceptors (Lipinski definition) is 2. The molecule has 5 rings (SSSR count). The normalized spacial score (nSPS) is 14.7. The number of piperazine rings is 1. The van der Waals surface area contributed by atoms with Crippen molar-refractivity contribution in [1.29, 1.82) is 0 Å². The van der Waals surface area contributed by atoms with E-state index in [2.05, 4.69) is 96.1 Å². The van der Waals surface area contributed by atoms with Crippen molar-refractivity contribution in [3.8, 4) is 0 Å². The number of rotatable bonds is 5. The molecule has 2 heterocycles. The molecule has 1 aliphatic heterocycles. The van der Waals surface area contributed by atoms with E-state index in [-0.39, 0.29) is 5.91 Å². The molecule has 4 aromatic rings. The Bertz CT molecular complexity index is 1250. The highest BCUT2D eigenvalue weighted by Crippen LogP contribution is 2.28. The minimum absolute atomic E-state index is 0.143. The molecule has 1 saturated heterocycles. The first-order valence-corrected chi connectivity index (χ1v) is 11.8. The van der Waals surface area contributed by atoms with Crippen molar-refractivity contribution < 1.29 is 4.79 Å². The Hall–Kier alpha value is -3.37. The SMILES string of the molecule is Cc1c(C)n(Cc2ccccc2)c2ccc(C(=O)N3CCN(Cc4ccccc4)CC3)cc12. The highest BCUT2D eigenvalue weighted by Gasteiger charge is 2.23. The highest BCUT2D eigenvalue weighted by atomic mass is 16.2. The van der Waals surface area contributed by atoms with Crippen LogP contribution in [0.15, 0.2) is 78.9 Å². The van der Waals surface area contributed by atoms with E-state index in [1.165, 1.54) is 33.3 Å². The van der Waals surface area contributed by atoms with Gasteiger partial charge in [-0.3, -0.25) is 9.69 Å². The van der Waals surface area contributed by atoms with Gasteiger partial charge in [-0.25, -0.2) is 0 Å². The van der Waals surface area contributed by atoms with Crippen molar-refractivity contribution in [2.24, 2.45) is 0 Å². The van der Waals surface area contributed by atoms with Crippen molar-refractivity contribution in [3.05, 3.63) is 107 Å². The van der Waals surface area contributed by atoms with Crippen LogP contribution in [-0.2, 0) is 13.1 Å². The Morgan fingerprint density at radius 3 is 2.00 bits per heavy atom. The quantitative estimate of drug-likeness (QED) is 0.426. The number of benzene rings is 3. The maximum absolute atomic E-state index is 13.3. The van der Waals surface area contributed by atoms with Crippen LogP contribution < -0.4 is 0 Å². The zero-order chi connectivity index (χ0) is 22.8. The fourth-order valence-corrected chi connectivity index (χ4v) is 4.89. The summed E-state index contributed by atoms with van der Waals surface area (Å²) in [5.41, 5.74) is 7.10. The highest BCUT2D eigenvalue weighted by molar-refractivity contribution is 5.99. The summed E-state index contributed by atoms with van der Waals surface area (Å²) in [6, 6.07) is 27.3. The van der Waals surface area contributed by atoms with E-state index in [9.17, 15) is 4.79 Å². The fourth-order valence-electron chi connectivity index (χ4n) is 4.89. The molecule has 1 aliphatic rings. The third kappa shape index (κ3) is 4.44. The van der Waals surface area contributed by atoms with E-state index in [0.29, 0.717) is 0 Å². The number of carbonyl (C=O) groups excluding carboxylic acids is 1. The van der Waals surface area contributed by atoms with Crippen LogP contribution in [-0.4, -0.2) is 46.5 Å². The predicted molar refractivity (Wildman–Crippen MR) is 135 cm³/mol. The summed E-state index contributed by atoms with van der Waals surface area (Å²) in [4.78, 5) is 17.7. The fraction of sp³-hybridized carbons (Fsp3) is 0.276. The van der Waals surface area contributed by atoms with Gasteiger partial charge < -0.3 is 9.47 Å². The molecule has 0 atom stereocenters. The summed E-state index contributed by atoms with van der Waals surface area (Å²) in [6.07, 6.45) is 0. The Balaban J connectivity index is 1.31. The molecule has 0 N–H and O–H groups in total. The van der Waals surface area contributed by atoms with Gasteiger partial charge in [0.25, 0.3) is 5.91 Å². The number of nitrogens with zero attached hydrogens (tertiary/aromatic N) is 3. The van der Waals surface area contributed by atoms with Crippen LogP contribution in [0.4, 0.5) is 0 Å². The van der Waals surface area contributed by atoms with E-state index in [0.717, 1.165) is 44.8 Å². The third-order valence-corrected chi connectivity index (χ3v) is 6.98. The van der Waals surface area contributed by atoms with Crippen molar-refractivity contribution in [2.75, 3.05) is 26.2 Å². The Labute approximate surface area is 196 Å². The van der Waals surface area contributed by atoms with Crippen LogP contribution in [0.2, 0.25) is 0 Å². The first-order chi connectivity index (χ1) is 16.1. The van der Waals surface area contributed by atoms with E-state index in [4.69, 9.17) is 0 Å². The lowest BCUT2D eigenvalue weighted by Crippen LogP contribution is -2.48. The molecule has 0 unspecified atom stereocenters. The number of aromatic nitrogens is 1. The van der Waals surface area contributed by atoms with Crippen LogP contribution in [0.5, 0.6) is 0 Å². The maximum Gasteiger partial charge on any atom is 0.253 e. The zero-order valence-corrected chi connectivity index (χ0v) is 19.5. The second kappa shape index (κ2) is 9.24. The first-order valence-electron chi connectivity index (χ1n) is 11.8. The maximum atomic E-state index is 13.3. The van der Waals surface area contributed by atoms with Crippen LogP contribution in [0.3, 0.4) is 0 Å². The van der Waals surface area contributed by atoms with Gasteiger partial charge in [-0.05, 0) is 48.7 Å². The third-order valence-electron chi connectivity index (χ3n) is 6.98. The van der Waals surface area contributed by atoms with Crippen molar-refractivity contribution in [2.45, 2.75) is 26.9 Å². The molecule has 33 heavy (non-hydrogen) atoms. The molecule has 1 aromatic heterocycles. The lowest BCUT2D eigenvalue weighted by atomic mass is 10.1. The summed E-state index contributed by atoms with van der Waals surface area (Å²) >= 11 is 0. The van der Waals surface area contributed by atoms with Gasteiger partial charge >= 0.3 is 0 Å². The number of hydrogen-bond donors (Lipinski definition) is 0. The summed E-state index contributed by atoms with van der Waals surface area (Å²) in [5, 5.41) is 1.18. The molecule has 1 fully saturated rings. The van der Waals surface area contributed by atoms with Gasteiger partial charge in [0, 0.05) is 61.4 Å². The number of carbonyl (C=O) groups is 1. The number of fused-ring (bicyclic) bond motifs is 1. The van der Waals surface area contributed by atoms with Crippen molar-refractivity contribution in [1.82, 2.24) is 14.4 Å². The van der Waals surface area contributed by atoms with Gasteiger partial charge in [0.15, 0.2) is 0 Å². The molecule has 0 bridgehead atoms. The topological polar surface area (TPSA) is 28.5 Å². The summed E-state index contributed by atoms with van der Waals surface area (Å²) < 4.78 is 2.36. The van der Waals surface area contributed by atoms with Gasteiger partial charge in [0.05, 0.1) is 0 Å². The molecule has 4 nitrogen and oxygen atoms in total. The zero-order valence-electron chi connectivity index (χ0n) is 19.5. The minimum Gasteiger partial charge on any atom is -0.340 e. The van der Waals surface area contributed by atoms with E-state index in [1.807, 2.05) is 11.0 Å². The van der Waals surface area contributed by atoms with E-state index in [1.54, 1.807) is 0 Å². The molecule has 0 spiro atoms. The summed E-state index contributed by atoms with van der Waals surface area (Å²) in [5.74, 6) is 0.143. The van der Waals surface area contributed by atoms with Crippen LogP contribution in [0, 0.1) is 13.8 Å². The summed E-state index contributed by atoms with van der Waals surface area (Å²) in [7, 11) is 0. The van der Waals surface area contributed by atoms with E-state index < -0.39 is 0 Å². The molecule has 4 heteroatoms. The van der Waals surface area contributed by atoms with Gasteiger partial charge in [0.1, 0.15) is 0 Å². The molecule has 1 amide bonds. The standard InChI is InChI=1S/C29H31N3O/c1-22-23(2)32(21-25-11-7-4-8-12-25)28-14-13-26(19-27(22)28)29(33)31-17-15-30(16-18-31)20-24-9-5-3-6-10-24/h3-14,19H,15-18,20-21H2,1-2H3. The average Bonchev–Trinajstić information content (AvgIpc) is 3.09. The van der Waals surface area contributed by atoms with Crippen molar-refractivity contribution in [3.63, 3.8) is 0 Å². The van der Waals surface area contributed by atoms with Gasteiger partial charge in [0.2, 0.25) is 0 Å². The monoisotopic (exact) mass is 437 g/mol.